The molecule has 0 fully saturated rings. The monoisotopic (exact) mass is 316 g/mol. The third-order valence-corrected chi connectivity index (χ3v) is 3.76. The summed E-state index contributed by atoms with van der Waals surface area (Å²) in [5.41, 5.74) is 0.273. The number of amides is 3. The molecule has 3 amide bonds. The van der Waals surface area contributed by atoms with Crippen LogP contribution in [0.2, 0.25) is 0 Å². The van der Waals surface area contributed by atoms with E-state index in [1.165, 1.54) is 12.2 Å². The van der Waals surface area contributed by atoms with Gasteiger partial charge >= 0.3 is 5.97 Å². The summed E-state index contributed by atoms with van der Waals surface area (Å²) in [7, 11) is 0. The SMILES string of the molecule is O=C(O)C1=CC(N2C(=O)C=CC2O)=C(N2C(=O)C=CC2=O)CC1. The minimum atomic E-state index is -1.28. The molecule has 23 heavy (non-hydrogen) atoms. The van der Waals surface area contributed by atoms with E-state index in [0.29, 0.717) is 0 Å². The second kappa shape index (κ2) is 5.33. The summed E-state index contributed by atoms with van der Waals surface area (Å²) in [6.45, 7) is 0. The fourth-order valence-electron chi connectivity index (χ4n) is 2.70. The highest BCUT2D eigenvalue weighted by atomic mass is 16.4. The number of rotatable bonds is 3. The van der Waals surface area contributed by atoms with Gasteiger partial charge in [0.05, 0.1) is 11.4 Å². The Hall–Kier alpha value is -3.00. The van der Waals surface area contributed by atoms with Gasteiger partial charge in [-0.15, -0.1) is 0 Å². The van der Waals surface area contributed by atoms with E-state index in [1.54, 1.807) is 0 Å². The fraction of sp³-hybridized carbons (Fsp3) is 0.200. The smallest absolute Gasteiger partial charge is 0.331 e. The van der Waals surface area contributed by atoms with Crippen molar-refractivity contribution >= 4 is 23.7 Å². The van der Waals surface area contributed by atoms with Gasteiger partial charge in [-0.25, -0.2) is 9.69 Å². The average Bonchev–Trinajstić information content (AvgIpc) is 3.01. The molecular formula is C15H12N2O6. The van der Waals surface area contributed by atoms with Gasteiger partial charge in [0, 0.05) is 23.8 Å². The lowest BCUT2D eigenvalue weighted by atomic mass is 9.98. The Morgan fingerprint density at radius 3 is 2.22 bits per heavy atom. The maximum absolute atomic E-state index is 11.9. The van der Waals surface area contributed by atoms with Crippen LogP contribution in [0.15, 0.2) is 47.3 Å². The second-order valence-corrected chi connectivity index (χ2v) is 5.13. The van der Waals surface area contributed by atoms with Crippen molar-refractivity contribution in [1.29, 1.82) is 0 Å². The predicted molar refractivity (Wildman–Crippen MR) is 75.0 cm³/mol. The number of allylic oxidation sites excluding steroid dienone is 2. The van der Waals surface area contributed by atoms with Crippen LogP contribution in [0.3, 0.4) is 0 Å². The first kappa shape index (κ1) is 14.9. The number of carboxylic acids is 1. The molecule has 0 aromatic carbocycles. The molecule has 3 rings (SSSR count). The number of aliphatic hydroxyl groups excluding tert-OH is 1. The van der Waals surface area contributed by atoms with Crippen LogP contribution in [-0.4, -0.2) is 49.9 Å². The number of nitrogens with zero attached hydrogens (tertiary/aromatic N) is 2. The van der Waals surface area contributed by atoms with Gasteiger partial charge in [-0.3, -0.25) is 19.3 Å². The summed E-state index contributed by atoms with van der Waals surface area (Å²) < 4.78 is 0. The lowest BCUT2D eigenvalue weighted by Gasteiger charge is -2.30. The van der Waals surface area contributed by atoms with E-state index in [0.717, 1.165) is 28.0 Å². The van der Waals surface area contributed by atoms with Crippen LogP contribution in [-0.2, 0) is 19.2 Å². The van der Waals surface area contributed by atoms with E-state index in [1.807, 2.05) is 0 Å². The third-order valence-electron chi connectivity index (χ3n) is 3.76. The molecule has 0 saturated carbocycles. The van der Waals surface area contributed by atoms with Gasteiger partial charge in [0.1, 0.15) is 0 Å². The largest absolute Gasteiger partial charge is 0.478 e. The second-order valence-electron chi connectivity index (χ2n) is 5.13. The van der Waals surface area contributed by atoms with E-state index >= 15 is 0 Å². The van der Waals surface area contributed by atoms with Crippen molar-refractivity contribution < 1.29 is 29.4 Å². The molecule has 2 N–H and O–H groups in total. The molecule has 1 atom stereocenters. The van der Waals surface area contributed by atoms with Crippen molar-refractivity contribution in [1.82, 2.24) is 9.80 Å². The van der Waals surface area contributed by atoms with Crippen molar-refractivity contribution in [3.05, 3.63) is 47.3 Å². The van der Waals surface area contributed by atoms with Crippen molar-refractivity contribution in [3.8, 4) is 0 Å². The topological polar surface area (TPSA) is 115 Å². The van der Waals surface area contributed by atoms with Crippen LogP contribution < -0.4 is 0 Å². The zero-order chi connectivity index (χ0) is 16.7. The molecule has 1 unspecified atom stereocenters. The number of carbonyl (C=O) groups excluding carboxylic acids is 3. The molecule has 0 spiro atoms. The van der Waals surface area contributed by atoms with Crippen LogP contribution in [0, 0.1) is 0 Å². The Morgan fingerprint density at radius 1 is 1.04 bits per heavy atom. The van der Waals surface area contributed by atoms with Gasteiger partial charge in [-0.2, -0.15) is 0 Å². The highest BCUT2D eigenvalue weighted by molar-refractivity contribution is 6.14. The average molecular weight is 316 g/mol. The van der Waals surface area contributed by atoms with E-state index in [4.69, 9.17) is 5.11 Å². The van der Waals surface area contributed by atoms with E-state index in [2.05, 4.69) is 0 Å². The number of aliphatic carboxylic acids is 1. The van der Waals surface area contributed by atoms with Crippen LogP contribution in [0.25, 0.3) is 0 Å². The number of hydrogen-bond acceptors (Lipinski definition) is 5. The molecule has 0 aromatic heterocycles. The van der Waals surface area contributed by atoms with Gasteiger partial charge < -0.3 is 10.2 Å². The first-order chi connectivity index (χ1) is 10.9. The Kier molecular flexibility index (Phi) is 3.45. The van der Waals surface area contributed by atoms with Crippen LogP contribution in [0.1, 0.15) is 12.8 Å². The van der Waals surface area contributed by atoms with E-state index < -0.39 is 29.9 Å². The molecule has 8 heteroatoms. The van der Waals surface area contributed by atoms with Gasteiger partial charge in [-0.05, 0) is 25.0 Å². The van der Waals surface area contributed by atoms with Gasteiger partial charge in [0.25, 0.3) is 17.7 Å². The lowest BCUT2D eigenvalue weighted by molar-refractivity contribution is -0.135. The Balaban J connectivity index is 2.12. The quantitative estimate of drug-likeness (QED) is 0.687. The highest BCUT2D eigenvalue weighted by Gasteiger charge is 2.36. The number of aliphatic hydroxyl groups is 1. The highest BCUT2D eigenvalue weighted by Crippen LogP contribution is 2.33. The Morgan fingerprint density at radius 2 is 1.70 bits per heavy atom. The Labute approximate surface area is 130 Å². The van der Waals surface area contributed by atoms with Crippen LogP contribution in [0.5, 0.6) is 0 Å². The summed E-state index contributed by atoms with van der Waals surface area (Å²) in [5, 5.41) is 19.1. The van der Waals surface area contributed by atoms with Crippen molar-refractivity contribution in [3.63, 3.8) is 0 Å². The van der Waals surface area contributed by atoms with E-state index in [-0.39, 0.29) is 29.8 Å². The van der Waals surface area contributed by atoms with Gasteiger partial charge in [0.2, 0.25) is 0 Å². The molecule has 0 bridgehead atoms. The number of carbonyl (C=O) groups is 4. The number of hydrogen-bond donors (Lipinski definition) is 2. The molecule has 0 aromatic rings. The zero-order valence-corrected chi connectivity index (χ0v) is 11.8. The maximum atomic E-state index is 11.9. The minimum Gasteiger partial charge on any atom is -0.478 e. The summed E-state index contributed by atoms with van der Waals surface area (Å²) in [4.78, 5) is 48.8. The normalized spacial score (nSPS) is 24.1. The van der Waals surface area contributed by atoms with Crippen molar-refractivity contribution in [2.24, 2.45) is 0 Å². The standard InChI is InChI=1S/C15H12N2O6/c18-11-3-4-12(19)16(11)9-2-1-8(15(22)23)7-10(9)17-13(20)5-6-14(17)21/h3-7,13,20H,1-2H2,(H,22,23). The zero-order valence-electron chi connectivity index (χ0n) is 11.8. The van der Waals surface area contributed by atoms with Gasteiger partial charge in [-0.1, -0.05) is 0 Å². The van der Waals surface area contributed by atoms with Crippen LogP contribution >= 0.6 is 0 Å². The summed E-state index contributed by atoms with van der Waals surface area (Å²) in [6, 6.07) is 0. The number of imide groups is 1. The lowest BCUT2D eigenvalue weighted by Crippen LogP contribution is -2.39. The predicted octanol–water partition coefficient (Wildman–Crippen LogP) is -0.355. The molecular weight excluding hydrogens is 304 g/mol. The third kappa shape index (κ3) is 2.38. The first-order valence-electron chi connectivity index (χ1n) is 6.83. The molecule has 0 saturated heterocycles. The Bertz CT molecular complexity index is 740. The van der Waals surface area contributed by atoms with E-state index in [9.17, 15) is 24.3 Å². The first-order valence-corrected chi connectivity index (χ1v) is 6.83. The summed E-state index contributed by atoms with van der Waals surface area (Å²) in [5.74, 6) is -2.85. The number of carboxylic acid groups (broad SMARTS) is 1. The van der Waals surface area contributed by atoms with Gasteiger partial charge in [0.15, 0.2) is 6.23 Å². The minimum absolute atomic E-state index is 0.0303. The molecule has 3 aliphatic rings. The molecule has 2 heterocycles. The fourth-order valence-corrected chi connectivity index (χ4v) is 2.70. The molecule has 118 valence electrons. The summed E-state index contributed by atoms with van der Waals surface area (Å²) >= 11 is 0. The maximum Gasteiger partial charge on any atom is 0.331 e. The van der Waals surface area contributed by atoms with Crippen molar-refractivity contribution in [2.45, 2.75) is 19.1 Å². The molecule has 8 nitrogen and oxygen atoms in total. The summed E-state index contributed by atoms with van der Waals surface area (Å²) in [6.07, 6.45) is 4.71. The molecule has 0 radical (unpaired) electrons. The molecule has 2 aliphatic heterocycles. The van der Waals surface area contributed by atoms with Crippen molar-refractivity contribution in [2.75, 3.05) is 0 Å². The van der Waals surface area contributed by atoms with Crippen LogP contribution in [0.4, 0.5) is 0 Å². The molecule has 1 aliphatic carbocycles.